The summed E-state index contributed by atoms with van der Waals surface area (Å²) in [4.78, 5) is 0. The van der Waals surface area contributed by atoms with Gasteiger partial charge in [0, 0.05) is 11.1 Å². The number of hydrogen-bond donors (Lipinski definition) is 2. The molecule has 0 amide bonds. The predicted octanol–water partition coefficient (Wildman–Crippen LogP) is 5.27. The van der Waals surface area contributed by atoms with Crippen LogP contribution in [0.5, 0.6) is 17.4 Å². The van der Waals surface area contributed by atoms with Crippen molar-refractivity contribution >= 4 is 0 Å². The summed E-state index contributed by atoms with van der Waals surface area (Å²) in [5, 5.41) is 17.5. The molecule has 0 saturated carbocycles. The van der Waals surface area contributed by atoms with Gasteiger partial charge in [0.1, 0.15) is 29.7 Å². The predicted molar refractivity (Wildman–Crippen MR) is 132 cm³/mol. The molecule has 5 rings (SSSR count). The molecule has 0 radical (unpaired) electrons. The minimum absolute atomic E-state index is 0.0315. The van der Waals surface area contributed by atoms with Crippen molar-refractivity contribution in [1.29, 1.82) is 5.26 Å². The summed E-state index contributed by atoms with van der Waals surface area (Å²) in [5.41, 5.74) is 10.6. The minimum Gasteiger partial charge on any atom is -0.494 e. The van der Waals surface area contributed by atoms with E-state index in [0.717, 1.165) is 33.7 Å². The van der Waals surface area contributed by atoms with E-state index in [1.54, 1.807) is 0 Å². The van der Waals surface area contributed by atoms with Gasteiger partial charge in [-0.15, -0.1) is 5.10 Å². The minimum atomic E-state index is -0.528. The van der Waals surface area contributed by atoms with Crippen LogP contribution < -0.4 is 19.9 Å². The number of ether oxygens (including phenoxy) is 3. The molecule has 3 aromatic carbocycles. The van der Waals surface area contributed by atoms with Crippen molar-refractivity contribution in [3.8, 4) is 34.7 Å². The molecule has 7 heteroatoms. The van der Waals surface area contributed by atoms with Crippen LogP contribution in [-0.4, -0.2) is 16.8 Å². The molecule has 1 atom stereocenters. The average molecular weight is 465 g/mol. The summed E-state index contributed by atoms with van der Waals surface area (Å²) >= 11 is 0. The van der Waals surface area contributed by atoms with Gasteiger partial charge in [-0.3, -0.25) is 5.10 Å². The second-order valence-electron chi connectivity index (χ2n) is 8.02. The Morgan fingerprint density at radius 1 is 1.03 bits per heavy atom. The molecule has 1 aromatic heterocycles. The van der Waals surface area contributed by atoms with Crippen LogP contribution in [0.2, 0.25) is 0 Å². The Balaban J connectivity index is 1.61. The van der Waals surface area contributed by atoms with Crippen LogP contribution in [0.1, 0.15) is 29.5 Å². The van der Waals surface area contributed by atoms with Crippen molar-refractivity contribution in [3.63, 3.8) is 0 Å². The highest BCUT2D eigenvalue weighted by molar-refractivity contribution is 5.72. The number of nitrogens with one attached hydrogen (secondary N) is 1. The fourth-order valence-electron chi connectivity index (χ4n) is 4.27. The number of fused-ring (bicyclic) bond motifs is 1. The lowest BCUT2D eigenvalue weighted by atomic mass is 9.82. The largest absolute Gasteiger partial charge is 0.494 e. The zero-order chi connectivity index (χ0) is 24.2. The Hall–Kier alpha value is -4.70. The molecule has 0 saturated heterocycles. The highest BCUT2D eigenvalue weighted by Crippen LogP contribution is 2.48. The van der Waals surface area contributed by atoms with Crippen LogP contribution in [0.25, 0.3) is 11.3 Å². The van der Waals surface area contributed by atoms with Gasteiger partial charge in [-0.05, 0) is 30.7 Å². The van der Waals surface area contributed by atoms with Gasteiger partial charge in [0.2, 0.25) is 11.8 Å². The van der Waals surface area contributed by atoms with E-state index in [1.807, 2.05) is 85.8 Å². The topological polar surface area (TPSA) is 106 Å². The zero-order valence-electron chi connectivity index (χ0n) is 19.2. The number of H-pyrrole nitrogens is 1. The van der Waals surface area contributed by atoms with Gasteiger partial charge in [-0.25, -0.2) is 0 Å². The van der Waals surface area contributed by atoms with Crippen LogP contribution in [-0.2, 0) is 6.61 Å². The number of aromatic amines is 1. The number of hydrogen-bond acceptors (Lipinski definition) is 6. The smallest absolute Gasteiger partial charge is 0.244 e. The molecule has 0 bridgehead atoms. The van der Waals surface area contributed by atoms with Crippen LogP contribution in [0.4, 0.5) is 0 Å². The lowest BCUT2D eigenvalue weighted by Gasteiger charge is -2.25. The van der Waals surface area contributed by atoms with E-state index in [4.69, 9.17) is 19.9 Å². The van der Waals surface area contributed by atoms with Crippen molar-refractivity contribution in [2.24, 2.45) is 5.73 Å². The van der Waals surface area contributed by atoms with Crippen LogP contribution in [0.3, 0.4) is 0 Å². The Labute approximate surface area is 203 Å². The first-order valence-corrected chi connectivity index (χ1v) is 11.3. The molecule has 3 N–H and O–H groups in total. The van der Waals surface area contributed by atoms with E-state index in [0.29, 0.717) is 30.4 Å². The van der Waals surface area contributed by atoms with Crippen molar-refractivity contribution < 1.29 is 14.2 Å². The third-order valence-corrected chi connectivity index (χ3v) is 5.84. The summed E-state index contributed by atoms with van der Waals surface area (Å²) in [5.74, 6) is 1.24. The van der Waals surface area contributed by atoms with Crippen LogP contribution in [0.15, 0.2) is 90.3 Å². The lowest BCUT2D eigenvalue weighted by molar-refractivity contribution is 0.301. The Morgan fingerprint density at radius 2 is 1.83 bits per heavy atom. The van der Waals surface area contributed by atoms with Gasteiger partial charge in [0.15, 0.2) is 0 Å². The Bertz CT molecular complexity index is 1420. The first kappa shape index (κ1) is 22.1. The fourth-order valence-corrected chi connectivity index (χ4v) is 4.27. The summed E-state index contributed by atoms with van der Waals surface area (Å²) in [6.07, 6.45) is 0. The first-order valence-electron chi connectivity index (χ1n) is 11.3. The fraction of sp³-hybridized carbons (Fsp3) is 0.143. The van der Waals surface area contributed by atoms with Crippen molar-refractivity contribution in [1.82, 2.24) is 10.2 Å². The number of para-hydroxylation sites is 1. The second kappa shape index (κ2) is 9.65. The van der Waals surface area contributed by atoms with Crippen molar-refractivity contribution in [3.05, 3.63) is 107 Å². The number of nitrogens with zero attached hydrogens (tertiary/aromatic N) is 2. The number of aromatic nitrogens is 2. The molecule has 0 aliphatic carbocycles. The monoisotopic (exact) mass is 464 g/mol. The highest BCUT2D eigenvalue weighted by atomic mass is 16.5. The molecule has 0 spiro atoms. The molecular formula is C28H24N4O3. The molecule has 0 fully saturated rings. The normalized spacial score (nSPS) is 14.6. The summed E-state index contributed by atoms with van der Waals surface area (Å²) in [7, 11) is 0. The molecule has 4 aromatic rings. The van der Waals surface area contributed by atoms with Crippen molar-refractivity contribution in [2.75, 3.05) is 6.61 Å². The summed E-state index contributed by atoms with van der Waals surface area (Å²) in [6, 6.07) is 27.5. The number of allylic oxidation sites excluding steroid dienone is 1. The summed E-state index contributed by atoms with van der Waals surface area (Å²) < 4.78 is 17.7. The Kier molecular flexibility index (Phi) is 6.10. The van der Waals surface area contributed by atoms with E-state index in [-0.39, 0.29) is 5.88 Å². The maximum absolute atomic E-state index is 10.1. The lowest BCUT2D eigenvalue weighted by Crippen LogP contribution is -2.21. The maximum Gasteiger partial charge on any atom is 0.244 e. The number of nitriles is 1. The standard InChI is InChI=1S/C28H24N4O3/c1-2-33-20-12-8-11-19(15-20)26-25-24(22(16-29)27(30)35-28(25)32-31-26)21-13-6-7-14-23(21)34-17-18-9-4-3-5-10-18/h3-15,24H,2,17,30H2,1H3,(H,31,32). The molecule has 35 heavy (non-hydrogen) atoms. The van der Waals surface area contributed by atoms with E-state index in [9.17, 15) is 5.26 Å². The SMILES string of the molecule is CCOc1cccc(-c2[nH]nc3c2C(c2ccccc2OCc2ccccc2)C(C#N)=C(N)O3)c1. The third-order valence-electron chi connectivity index (χ3n) is 5.84. The third kappa shape index (κ3) is 4.30. The van der Waals surface area contributed by atoms with E-state index < -0.39 is 5.92 Å². The van der Waals surface area contributed by atoms with Gasteiger partial charge in [-0.2, -0.15) is 5.26 Å². The Morgan fingerprint density at radius 3 is 2.63 bits per heavy atom. The van der Waals surface area contributed by atoms with Gasteiger partial charge >= 0.3 is 0 Å². The quantitative estimate of drug-likeness (QED) is 0.386. The van der Waals surface area contributed by atoms with Crippen molar-refractivity contribution in [2.45, 2.75) is 19.4 Å². The average Bonchev–Trinajstić information content (AvgIpc) is 3.31. The van der Waals surface area contributed by atoms with E-state index in [2.05, 4.69) is 16.3 Å². The molecule has 7 nitrogen and oxygen atoms in total. The molecule has 2 heterocycles. The zero-order valence-corrected chi connectivity index (χ0v) is 19.2. The van der Waals surface area contributed by atoms with Crippen LogP contribution in [0, 0.1) is 11.3 Å². The van der Waals surface area contributed by atoms with E-state index >= 15 is 0 Å². The molecule has 1 unspecified atom stereocenters. The molecule has 174 valence electrons. The summed E-state index contributed by atoms with van der Waals surface area (Å²) in [6.45, 7) is 2.89. The van der Waals surface area contributed by atoms with E-state index in [1.165, 1.54) is 0 Å². The molecular weight excluding hydrogens is 440 g/mol. The van der Waals surface area contributed by atoms with Gasteiger partial charge in [-0.1, -0.05) is 60.7 Å². The van der Waals surface area contributed by atoms with Crippen LogP contribution >= 0.6 is 0 Å². The maximum atomic E-state index is 10.1. The van der Waals surface area contributed by atoms with Gasteiger partial charge < -0.3 is 19.9 Å². The first-order chi connectivity index (χ1) is 17.2. The molecule has 1 aliphatic heterocycles. The highest BCUT2D eigenvalue weighted by Gasteiger charge is 2.37. The van der Waals surface area contributed by atoms with Gasteiger partial charge in [0.05, 0.1) is 23.8 Å². The second-order valence-corrected chi connectivity index (χ2v) is 8.02. The number of benzene rings is 3. The number of rotatable bonds is 7. The molecule has 1 aliphatic rings. The number of nitrogens with two attached hydrogens (primary N) is 1. The van der Waals surface area contributed by atoms with Gasteiger partial charge in [0.25, 0.3) is 0 Å².